The molecule has 1 fully saturated rings. The molecule has 5 aromatic rings. The summed E-state index contributed by atoms with van der Waals surface area (Å²) in [7, 11) is 0. The summed E-state index contributed by atoms with van der Waals surface area (Å²) in [6.07, 6.45) is 8.19. The molecule has 0 radical (unpaired) electrons. The van der Waals surface area contributed by atoms with Crippen molar-refractivity contribution in [3.8, 4) is 16.9 Å². The highest BCUT2D eigenvalue weighted by Crippen LogP contribution is 2.61. The fraction of sp³-hybridized carbons (Fsp3) is 0.250. The maximum atomic E-state index is 15.8. The van der Waals surface area contributed by atoms with Gasteiger partial charge in [0, 0.05) is 57.9 Å². The quantitative estimate of drug-likeness (QED) is 0.204. The van der Waals surface area contributed by atoms with Crippen molar-refractivity contribution < 1.29 is 13.5 Å². The molecule has 1 unspecified atom stereocenters. The van der Waals surface area contributed by atoms with Gasteiger partial charge in [-0.25, -0.2) is 8.78 Å². The van der Waals surface area contributed by atoms with Crippen LogP contribution in [0.2, 0.25) is 0 Å². The first-order valence-electron chi connectivity index (χ1n) is 15.9. The summed E-state index contributed by atoms with van der Waals surface area (Å²) in [6, 6.07) is 29.9. The van der Waals surface area contributed by atoms with Crippen molar-refractivity contribution in [3.05, 3.63) is 137 Å². The number of nitrogens with zero attached hydrogens (tertiary/aromatic N) is 1. The molecular formula is C40H35F2NO. The summed E-state index contributed by atoms with van der Waals surface area (Å²) in [5.74, 6) is -0.242. The molecule has 0 aromatic heterocycles. The molecule has 2 aliphatic heterocycles. The molecule has 0 N–H and O–H groups in total. The van der Waals surface area contributed by atoms with E-state index in [1.807, 2.05) is 18.2 Å². The van der Waals surface area contributed by atoms with Gasteiger partial charge in [0.1, 0.15) is 17.4 Å². The van der Waals surface area contributed by atoms with Gasteiger partial charge in [-0.2, -0.15) is 0 Å². The third-order valence-electron chi connectivity index (χ3n) is 10.4. The zero-order chi connectivity index (χ0) is 30.1. The lowest BCUT2D eigenvalue weighted by atomic mass is 9.71. The maximum Gasteiger partial charge on any atom is 0.178 e. The van der Waals surface area contributed by atoms with Gasteiger partial charge in [0.05, 0.1) is 0 Å². The van der Waals surface area contributed by atoms with Crippen molar-refractivity contribution in [2.45, 2.75) is 50.5 Å². The van der Waals surface area contributed by atoms with Gasteiger partial charge in [0.2, 0.25) is 0 Å². The van der Waals surface area contributed by atoms with Gasteiger partial charge >= 0.3 is 0 Å². The molecule has 8 rings (SSSR count). The molecule has 0 saturated carbocycles. The molecule has 1 saturated heterocycles. The first-order chi connectivity index (χ1) is 21.5. The standard InChI is InChI=1S/C40H35F2NO/c1-3-39(4-2)36-33(24-28(41)25-34(36)42)35-30-14-8-9-15-31(30)38-32(37(35)39)20-21-40(44-38,26-12-6-5-7-13-26)27-16-18-29(19-17-27)43-22-10-11-23-43/h5-9,12-21,24-25H,3-4,10-11,22-23H2,1-2H3. The third kappa shape index (κ3) is 3.70. The fourth-order valence-electron chi connectivity index (χ4n) is 8.27. The van der Waals surface area contributed by atoms with E-state index in [-0.39, 0.29) is 0 Å². The minimum atomic E-state index is -0.862. The highest BCUT2D eigenvalue weighted by Gasteiger charge is 2.48. The normalized spacial score (nSPS) is 19.5. The van der Waals surface area contributed by atoms with Gasteiger partial charge in [-0.15, -0.1) is 0 Å². The number of fused-ring (bicyclic) bond motifs is 8. The minimum Gasteiger partial charge on any atom is -0.472 e. The summed E-state index contributed by atoms with van der Waals surface area (Å²) in [6.45, 7) is 6.40. The second-order valence-electron chi connectivity index (χ2n) is 12.4. The van der Waals surface area contributed by atoms with Crippen LogP contribution >= 0.6 is 0 Å². The Morgan fingerprint density at radius 2 is 1.41 bits per heavy atom. The lowest BCUT2D eigenvalue weighted by Crippen LogP contribution is -2.35. The van der Waals surface area contributed by atoms with Gasteiger partial charge in [0.15, 0.2) is 5.60 Å². The van der Waals surface area contributed by atoms with Crippen molar-refractivity contribution >= 4 is 22.5 Å². The van der Waals surface area contributed by atoms with E-state index in [4.69, 9.17) is 4.74 Å². The van der Waals surface area contributed by atoms with Crippen LogP contribution in [0.25, 0.3) is 28.0 Å². The molecule has 3 aliphatic rings. The van der Waals surface area contributed by atoms with E-state index in [1.54, 1.807) is 0 Å². The largest absolute Gasteiger partial charge is 0.472 e. The molecule has 0 bridgehead atoms. The van der Waals surface area contributed by atoms with Gasteiger partial charge in [-0.05, 0) is 72.0 Å². The van der Waals surface area contributed by atoms with Gasteiger partial charge < -0.3 is 9.64 Å². The summed E-state index contributed by atoms with van der Waals surface area (Å²) < 4.78 is 38.0. The lowest BCUT2D eigenvalue weighted by molar-refractivity contribution is 0.163. The highest BCUT2D eigenvalue weighted by atomic mass is 19.1. The van der Waals surface area contributed by atoms with E-state index >= 15 is 4.39 Å². The van der Waals surface area contributed by atoms with Crippen LogP contribution in [-0.2, 0) is 11.0 Å². The van der Waals surface area contributed by atoms with Crippen LogP contribution in [0, 0.1) is 11.6 Å². The Balaban J connectivity index is 1.40. The Labute approximate surface area is 257 Å². The number of benzene rings is 5. The second-order valence-corrected chi connectivity index (χ2v) is 12.4. The predicted octanol–water partition coefficient (Wildman–Crippen LogP) is 10.2. The van der Waals surface area contributed by atoms with Crippen LogP contribution in [0.15, 0.2) is 97.1 Å². The third-order valence-corrected chi connectivity index (χ3v) is 10.4. The molecule has 1 atom stereocenters. The Kier molecular flexibility index (Phi) is 6.20. The van der Waals surface area contributed by atoms with E-state index in [1.165, 1.54) is 24.6 Å². The number of ether oxygens (including phenoxy) is 1. The van der Waals surface area contributed by atoms with Crippen molar-refractivity contribution in [1.29, 1.82) is 0 Å². The van der Waals surface area contributed by atoms with Crippen molar-refractivity contribution in [2.75, 3.05) is 18.0 Å². The van der Waals surface area contributed by atoms with Crippen LogP contribution in [-0.4, -0.2) is 13.1 Å². The molecule has 0 spiro atoms. The molecule has 44 heavy (non-hydrogen) atoms. The highest BCUT2D eigenvalue weighted by molar-refractivity contribution is 6.08. The van der Waals surface area contributed by atoms with E-state index < -0.39 is 22.7 Å². The Bertz CT molecular complexity index is 1940. The van der Waals surface area contributed by atoms with Crippen LogP contribution < -0.4 is 9.64 Å². The molecule has 220 valence electrons. The van der Waals surface area contributed by atoms with Crippen LogP contribution in [0.5, 0.6) is 5.75 Å². The Morgan fingerprint density at radius 1 is 0.750 bits per heavy atom. The zero-order valence-corrected chi connectivity index (χ0v) is 25.2. The maximum absolute atomic E-state index is 15.8. The topological polar surface area (TPSA) is 12.5 Å². The molecular weight excluding hydrogens is 548 g/mol. The molecule has 5 aromatic carbocycles. The summed E-state index contributed by atoms with van der Waals surface area (Å²) in [4.78, 5) is 2.44. The van der Waals surface area contributed by atoms with Crippen LogP contribution in [0.1, 0.15) is 67.3 Å². The molecule has 4 heteroatoms. The van der Waals surface area contributed by atoms with E-state index in [9.17, 15) is 4.39 Å². The van der Waals surface area contributed by atoms with E-state index in [2.05, 4.69) is 91.6 Å². The minimum absolute atomic E-state index is 0.477. The summed E-state index contributed by atoms with van der Waals surface area (Å²) in [5.41, 5.74) is 6.03. The van der Waals surface area contributed by atoms with Crippen LogP contribution in [0.4, 0.5) is 14.5 Å². The molecule has 2 nitrogen and oxygen atoms in total. The van der Waals surface area contributed by atoms with Gasteiger partial charge in [-0.3, -0.25) is 0 Å². The number of hydrogen-bond donors (Lipinski definition) is 0. The number of halogens is 2. The van der Waals surface area contributed by atoms with E-state index in [0.29, 0.717) is 24.0 Å². The first-order valence-corrected chi connectivity index (χ1v) is 15.9. The average molecular weight is 584 g/mol. The fourth-order valence-corrected chi connectivity index (χ4v) is 8.27. The van der Waals surface area contributed by atoms with E-state index in [0.717, 1.165) is 63.5 Å². The van der Waals surface area contributed by atoms with Crippen molar-refractivity contribution in [2.24, 2.45) is 0 Å². The number of anilines is 1. The SMILES string of the molecule is CCC1(CC)c2c(F)cc(F)cc2-c2c1c1c(c3ccccc23)OC(c2ccccc2)(c2ccc(N3CCCC3)cc2)C=C1. The summed E-state index contributed by atoms with van der Waals surface area (Å²) >= 11 is 0. The smallest absolute Gasteiger partial charge is 0.178 e. The Hall–Kier alpha value is -4.44. The molecule has 1 aliphatic carbocycles. The second kappa shape index (κ2) is 10.1. The van der Waals surface area contributed by atoms with Crippen molar-refractivity contribution in [1.82, 2.24) is 0 Å². The van der Waals surface area contributed by atoms with Gasteiger partial charge in [-0.1, -0.05) is 86.7 Å². The summed E-state index contributed by atoms with van der Waals surface area (Å²) in [5, 5.41) is 1.90. The van der Waals surface area contributed by atoms with Crippen LogP contribution in [0.3, 0.4) is 0 Å². The first kappa shape index (κ1) is 27.1. The zero-order valence-electron chi connectivity index (χ0n) is 25.2. The van der Waals surface area contributed by atoms with Gasteiger partial charge in [0.25, 0.3) is 0 Å². The average Bonchev–Trinajstić information content (AvgIpc) is 3.71. The molecule has 2 heterocycles. The predicted molar refractivity (Wildman–Crippen MR) is 175 cm³/mol. The number of rotatable bonds is 5. The van der Waals surface area contributed by atoms with Crippen molar-refractivity contribution in [3.63, 3.8) is 0 Å². The molecule has 0 amide bonds. The lowest BCUT2D eigenvalue weighted by Gasteiger charge is -2.39. The Morgan fingerprint density at radius 3 is 2.11 bits per heavy atom. The monoisotopic (exact) mass is 583 g/mol. The number of hydrogen-bond acceptors (Lipinski definition) is 2.